The van der Waals surface area contributed by atoms with Crippen molar-refractivity contribution in [3.05, 3.63) is 38.8 Å². The Balaban J connectivity index is 2.14. The van der Waals surface area contributed by atoms with Crippen molar-refractivity contribution in [2.75, 3.05) is 0 Å². The van der Waals surface area contributed by atoms with Crippen LogP contribution < -0.4 is 4.74 Å². The van der Waals surface area contributed by atoms with E-state index in [0.29, 0.717) is 6.61 Å². The second kappa shape index (κ2) is 6.52. The van der Waals surface area contributed by atoms with Gasteiger partial charge >= 0.3 is 0 Å². The Morgan fingerprint density at radius 2 is 2.05 bits per heavy atom. The van der Waals surface area contributed by atoms with Crippen molar-refractivity contribution in [2.45, 2.75) is 33.4 Å². The highest BCUT2D eigenvalue weighted by atomic mass is 79.9. The molecule has 19 heavy (non-hydrogen) atoms. The summed E-state index contributed by atoms with van der Waals surface area (Å²) in [6.45, 7) is 5.47. The van der Waals surface area contributed by atoms with Crippen LogP contribution in [0.25, 0.3) is 0 Å². The van der Waals surface area contributed by atoms with Crippen LogP contribution in [-0.2, 0) is 19.6 Å². The Hall–Kier alpha value is -0.880. The summed E-state index contributed by atoms with van der Waals surface area (Å²) in [5.74, 6) is 0.747. The Bertz CT molecular complexity index is 552. The van der Waals surface area contributed by atoms with Gasteiger partial charge in [0.25, 0.3) is 0 Å². The molecule has 0 saturated carbocycles. The molecule has 0 saturated heterocycles. The first-order valence-corrected chi connectivity index (χ1v) is 7.72. The third-order valence-electron chi connectivity index (χ3n) is 2.77. The van der Waals surface area contributed by atoms with Crippen LogP contribution in [0, 0.1) is 0 Å². The lowest BCUT2D eigenvalue weighted by Gasteiger charge is -2.08. The number of pyridine rings is 1. The van der Waals surface area contributed by atoms with Crippen LogP contribution in [0.4, 0.5) is 0 Å². The van der Waals surface area contributed by atoms with E-state index in [1.807, 2.05) is 16.8 Å². The number of halogens is 2. The molecule has 2 aromatic heterocycles. The van der Waals surface area contributed by atoms with Crippen molar-refractivity contribution >= 4 is 31.9 Å². The molecule has 6 heteroatoms. The lowest BCUT2D eigenvalue weighted by molar-refractivity contribution is 0.290. The van der Waals surface area contributed by atoms with Crippen LogP contribution in [0.5, 0.6) is 5.75 Å². The molecule has 0 bridgehead atoms. The summed E-state index contributed by atoms with van der Waals surface area (Å²) in [4.78, 5) is 4.14. The Morgan fingerprint density at radius 1 is 1.26 bits per heavy atom. The summed E-state index contributed by atoms with van der Waals surface area (Å²) in [7, 11) is 0. The predicted octanol–water partition coefficient (Wildman–Crippen LogP) is 3.96. The summed E-state index contributed by atoms with van der Waals surface area (Å²) in [6, 6.07) is 3.75. The molecule has 2 aromatic rings. The second-order valence-corrected chi connectivity index (χ2v) is 5.59. The van der Waals surface area contributed by atoms with E-state index < -0.39 is 0 Å². The molecule has 2 heterocycles. The fourth-order valence-corrected chi connectivity index (χ4v) is 2.67. The normalized spacial score (nSPS) is 10.7. The molecule has 2 rings (SSSR count). The summed E-state index contributed by atoms with van der Waals surface area (Å²) in [6.07, 6.45) is 2.60. The van der Waals surface area contributed by atoms with Crippen LogP contribution in [0.2, 0.25) is 0 Å². The van der Waals surface area contributed by atoms with Crippen LogP contribution in [-0.4, -0.2) is 14.8 Å². The number of nitrogens with zero attached hydrogens (tertiary/aromatic N) is 3. The first kappa shape index (κ1) is 14.5. The van der Waals surface area contributed by atoms with E-state index in [1.54, 1.807) is 6.20 Å². The predicted molar refractivity (Wildman–Crippen MR) is 81.2 cm³/mol. The van der Waals surface area contributed by atoms with Gasteiger partial charge in [-0.25, -0.2) is 4.98 Å². The van der Waals surface area contributed by atoms with Crippen LogP contribution in [0.1, 0.15) is 25.2 Å². The Kier molecular flexibility index (Phi) is 4.99. The van der Waals surface area contributed by atoms with Gasteiger partial charge in [-0.15, -0.1) is 0 Å². The van der Waals surface area contributed by atoms with E-state index in [9.17, 15) is 0 Å². The molecule has 0 aliphatic carbocycles. The monoisotopic (exact) mass is 387 g/mol. The fraction of sp³-hybridized carbons (Fsp3) is 0.385. The molecule has 0 aliphatic rings. The molecule has 0 amide bonds. The quantitative estimate of drug-likeness (QED) is 0.727. The molecule has 0 fully saturated rings. The molecule has 0 spiro atoms. The SMILES string of the molecule is CCc1nn(CC)c(COc2ccc(Br)nc2)c1Br. The molecular weight excluding hydrogens is 374 g/mol. The smallest absolute Gasteiger partial charge is 0.138 e. The van der Waals surface area contributed by atoms with Crippen molar-refractivity contribution in [2.24, 2.45) is 0 Å². The third kappa shape index (κ3) is 3.36. The maximum absolute atomic E-state index is 5.75. The minimum Gasteiger partial charge on any atom is -0.486 e. The number of hydrogen-bond acceptors (Lipinski definition) is 3. The minimum absolute atomic E-state index is 0.477. The summed E-state index contributed by atoms with van der Waals surface area (Å²) in [5, 5.41) is 4.54. The second-order valence-electron chi connectivity index (χ2n) is 3.98. The zero-order chi connectivity index (χ0) is 13.8. The van der Waals surface area contributed by atoms with E-state index in [1.165, 1.54) is 0 Å². The lowest BCUT2D eigenvalue weighted by atomic mass is 10.3. The first-order chi connectivity index (χ1) is 9.15. The number of ether oxygens (including phenoxy) is 1. The highest BCUT2D eigenvalue weighted by Crippen LogP contribution is 2.24. The average Bonchev–Trinajstić information content (AvgIpc) is 2.74. The van der Waals surface area contributed by atoms with Gasteiger partial charge in [-0.2, -0.15) is 5.10 Å². The molecule has 4 nitrogen and oxygen atoms in total. The van der Waals surface area contributed by atoms with Gasteiger partial charge in [0.2, 0.25) is 0 Å². The highest BCUT2D eigenvalue weighted by molar-refractivity contribution is 9.10. The van der Waals surface area contributed by atoms with E-state index in [4.69, 9.17) is 4.74 Å². The van der Waals surface area contributed by atoms with Crippen molar-refractivity contribution < 1.29 is 4.74 Å². The number of aryl methyl sites for hydroxylation is 2. The maximum atomic E-state index is 5.75. The van der Waals surface area contributed by atoms with E-state index in [0.717, 1.165) is 39.2 Å². The van der Waals surface area contributed by atoms with Crippen LogP contribution in [0.3, 0.4) is 0 Å². The van der Waals surface area contributed by atoms with Gasteiger partial charge in [-0.05, 0) is 57.3 Å². The maximum Gasteiger partial charge on any atom is 0.138 e. The standard InChI is InChI=1S/C13H15Br2N3O/c1-3-10-13(15)11(18(4-2)17-10)8-19-9-5-6-12(14)16-7-9/h5-7H,3-4,8H2,1-2H3. The van der Waals surface area contributed by atoms with Crippen molar-refractivity contribution in [3.63, 3.8) is 0 Å². The molecular formula is C13H15Br2N3O. The van der Waals surface area contributed by atoms with Gasteiger partial charge in [-0.1, -0.05) is 6.92 Å². The van der Waals surface area contributed by atoms with Crippen molar-refractivity contribution in [1.82, 2.24) is 14.8 Å². The molecule has 0 aliphatic heterocycles. The molecule has 102 valence electrons. The minimum atomic E-state index is 0.477. The van der Waals surface area contributed by atoms with Crippen LogP contribution >= 0.6 is 31.9 Å². The molecule has 0 atom stereocenters. The topological polar surface area (TPSA) is 39.9 Å². The van der Waals surface area contributed by atoms with Crippen molar-refractivity contribution in [1.29, 1.82) is 0 Å². The molecule has 0 unspecified atom stereocenters. The van der Waals surface area contributed by atoms with Crippen LogP contribution in [0.15, 0.2) is 27.4 Å². The summed E-state index contributed by atoms with van der Waals surface area (Å²) >= 11 is 6.90. The highest BCUT2D eigenvalue weighted by Gasteiger charge is 2.14. The third-order valence-corrected chi connectivity index (χ3v) is 4.15. The average molecular weight is 389 g/mol. The van der Waals surface area contributed by atoms with Crippen molar-refractivity contribution in [3.8, 4) is 5.75 Å². The largest absolute Gasteiger partial charge is 0.486 e. The first-order valence-electron chi connectivity index (χ1n) is 6.14. The number of hydrogen-bond donors (Lipinski definition) is 0. The van der Waals surface area contributed by atoms with E-state index >= 15 is 0 Å². The molecule has 0 radical (unpaired) electrons. The summed E-state index contributed by atoms with van der Waals surface area (Å²) in [5.41, 5.74) is 2.12. The van der Waals surface area contributed by atoms with Gasteiger partial charge < -0.3 is 4.74 Å². The van der Waals surface area contributed by atoms with Gasteiger partial charge in [-0.3, -0.25) is 4.68 Å². The zero-order valence-electron chi connectivity index (χ0n) is 10.9. The summed E-state index contributed by atoms with van der Waals surface area (Å²) < 4.78 is 9.56. The van der Waals surface area contributed by atoms with Gasteiger partial charge in [0.05, 0.1) is 22.1 Å². The molecule has 0 aromatic carbocycles. The Labute approximate surface area is 129 Å². The van der Waals surface area contributed by atoms with Gasteiger partial charge in [0.1, 0.15) is 17.0 Å². The Morgan fingerprint density at radius 3 is 2.63 bits per heavy atom. The fourth-order valence-electron chi connectivity index (χ4n) is 1.75. The lowest BCUT2D eigenvalue weighted by Crippen LogP contribution is -2.06. The van der Waals surface area contributed by atoms with Gasteiger partial charge in [0.15, 0.2) is 0 Å². The number of aromatic nitrogens is 3. The van der Waals surface area contributed by atoms with E-state index in [2.05, 4.69) is 55.8 Å². The zero-order valence-corrected chi connectivity index (χ0v) is 14.0. The number of rotatable bonds is 5. The van der Waals surface area contributed by atoms with E-state index in [-0.39, 0.29) is 0 Å². The molecule has 0 N–H and O–H groups in total. The van der Waals surface area contributed by atoms with Gasteiger partial charge in [0, 0.05) is 6.54 Å².